The summed E-state index contributed by atoms with van der Waals surface area (Å²) in [6, 6.07) is 7.30. The minimum Gasteiger partial charge on any atom is -0.494 e. The van der Waals surface area contributed by atoms with Crippen molar-refractivity contribution in [3.05, 3.63) is 50.7 Å². The maximum atomic E-state index is 12.0. The number of benzene rings is 1. The maximum absolute atomic E-state index is 12.0. The molecule has 0 bridgehead atoms. The Morgan fingerprint density at radius 2 is 2.10 bits per heavy atom. The first kappa shape index (κ1) is 12.7. The van der Waals surface area contributed by atoms with Gasteiger partial charge in [-0.15, -0.1) is 0 Å². The zero-order valence-corrected chi connectivity index (χ0v) is 11.2. The Kier molecular flexibility index (Phi) is 2.97. The molecule has 3 rings (SSSR count). The van der Waals surface area contributed by atoms with Crippen molar-refractivity contribution in [1.82, 2.24) is 9.55 Å². The van der Waals surface area contributed by atoms with Crippen LogP contribution in [-0.2, 0) is 6.54 Å². The predicted molar refractivity (Wildman–Crippen MR) is 75.9 cm³/mol. The van der Waals surface area contributed by atoms with Crippen molar-refractivity contribution in [2.45, 2.75) is 26.3 Å². The van der Waals surface area contributed by atoms with Gasteiger partial charge >= 0.3 is 5.69 Å². The van der Waals surface area contributed by atoms with Crippen LogP contribution in [0.15, 0.2) is 33.9 Å². The number of aromatic nitrogens is 2. The molecule has 1 aliphatic carbocycles. The van der Waals surface area contributed by atoms with Gasteiger partial charge < -0.3 is 5.11 Å². The average Bonchev–Trinajstić information content (AvgIpc) is 3.18. The van der Waals surface area contributed by atoms with Gasteiger partial charge in [-0.25, -0.2) is 4.79 Å². The van der Waals surface area contributed by atoms with E-state index in [0.717, 1.165) is 18.4 Å². The topological polar surface area (TPSA) is 75.1 Å². The van der Waals surface area contributed by atoms with Gasteiger partial charge in [-0.1, -0.05) is 29.8 Å². The van der Waals surface area contributed by atoms with E-state index < -0.39 is 11.2 Å². The Morgan fingerprint density at radius 1 is 1.35 bits per heavy atom. The highest BCUT2D eigenvalue weighted by molar-refractivity contribution is 5.67. The summed E-state index contributed by atoms with van der Waals surface area (Å²) in [6.45, 7) is 2.37. The Hall–Kier alpha value is -2.30. The molecule has 2 aromatic rings. The van der Waals surface area contributed by atoms with E-state index in [1.54, 1.807) is 6.07 Å². The summed E-state index contributed by atoms with van der Waals surface area (Å²) in [6.07, 6.45) is 2.12. The summed E-state index contributed by atoms with van der Waals surface area (Å²) in [7, 11) is 0. The summed E-state index contributed by atoms with van der Waals surface area (Å²) in [4.78, 5) is 26.1. The van der Waals surface area contributed by atoms with Crippen LogP contribution < -0.4 is 11.2 Å². The maximum Gasteiger partial charge on any atom is 0.331 e. The van der Waals surface area contributed by atoms with Crippen LogP contribution in [0, 0.1) is 12.8 Å². The number of H-pyrrole nitrogens is 1. The van der Waals surface area contributed by atoms with Gasteiger partial charge in [0.2, 0.25) is 5.88 Å². The van der Waals surface area contributed by atoms with Crippen molar-refractivity contribution >= 4 is 0 Å². The molecule has 0 unspecified atom stereocenters. The Morgan fingerprint density at radius 3 is 2.75 bits per heavy atom. The van der Waals surface area contributed by atoms with Crippen LogP contribution in [0.1, 0.15) is 18.4 Å². The average molecular weight is 272 g/mol. The van der Waals surface area contributed by atoms with Gasteiger partial charge in [0.25, 0.3) is 5.56 Å². The van der Waals surface area contributed by atoms with E-state index in [4.69, 9.17) is 0 Å². The zero-order valence-electron chi connectivity index (χ0n) is 11.2. The van der Waals surface area contributed by atoms with Gasteiger partial charge in [0.05, 0.1) is 0 Å². The molecule has 0 amide bonds. The van der Waals surface area contributed by atoms with E-state index in [9.17, 15) is 14.7 Å². The van der Waals surface area contributed by atoms with E-state index >= 15 is 0 Å². The SMILES string of the molecule is Cc1cccc(-c2c(O)n(CC3CC3)c(=O)[nH]c2=O)c1. The fourth-order valence-corrected chi connectivity index (χ4v) is 2.35. The van der Waals surface area contributed by atoms with E-state index in [-0.39, 0.29) is 11.4 Å². The second-order valence-electron chi connectivity index (χ2n) is 5.38. The summed E-state index contributed by atoms with van der Waals surface area (Å²) in [5.41, 5.74) is 0.671. The Balaban J connectivity index is 2.19. The first-order chi connectivity index (χ1) is 9.56. The van der Waals surface area contributed by atoms with Crippen molar-refractivity contribution in [3.63, 3.8) is 0 Å². The van der Waals surface area contributed by atoms with Gasteiger partial charge in [-0.3, -0.25) is 14.3 Å². The van der Waals surface area contributed by atoms with Crippen LogP contribution in [-0.4, -0.2) is 14.7 Å². The molecule has 1 aliphatic rings. The van der Waals surface area contributed by atoms with Crippen molar-refractivity contribution in [2.75, 3.05) is 0 Å². The monoisotopic (exact) mass is 272 g/mol. The molecule has 0 atom stereocenters. The lowest BCUT2D eigenvalue weighted by molar-refractivity contribution is 0.395. The lowest BCUT2D eigenvalue weighted by atomic mass is 10.1. The predicted octanol–water partition coefficient (Wildman–Crippen LogP) is 1.63. The minimum absolute atomic E-state index is 0.161. The third kappa shape index (κ3) is 2.27. The minimum atomic E-state index is -0.551. The second-order valence-corrected chi connectivity index (χ2v) is 5.38. The Bertz CT molecular complexity index is 769. The number of nitrogens with one attached hydrogen (secondary N) is 1. The molecule has 0 spiro atoms. The quantitative estimate of drug-likeness (QED) is 0.891. The highest BCUT2D eigenvalue weighted by Crippen LogP contribution is 2.32. The number of aromatic hydroxyl groups is 1. The van der Waals surface area contributed by atoms with E-state index in [0.29, 0.717) is 18.0 Å². The van der Waals surface area contributed by atoms with Crippen LogP contribution in [0.25, 0.3) is 11.1 Å². The number of aryl methyl sites for hydroxylation is 1. The van der Waals surface area contributed by atoms with Gasteiger partial charge in [0, 0.05) is 6.54 Å². The summed E-state index contributed by atoms with van der Waals surface area (Å²) in [5, 5.41) is 10.3. The molecule has 1 fully saturated rings. The molecular weight excluding hydrogens is 256 g/mol. The summed E-state index contributed by atoms with van der Waals surface area (Å²) >= 11 is 0. The van der Waals surface area contributed by atoms with E-state index in [1.165, 1.54) is 4.57 Å². The zero-order chi connectivity index (χ0) is 14.3. The van der Waals surface area contributed by atoms with Crippen LogP contribution in [0.4, 0.5) is 0 Å². The van der Waals surface area contributed by atoms with E-state index in [1.807, 2.05) is 25.1 Å². The standard InChI is InChI=1S/C15H16N2O3/c1-9-3-2-4-11(7-9)12-13(18)16-15(20)17(14(12)19)8-10-5-6-10/h2-4,7,10,19H,5-6,8H2,1H3,(H,16,18,20). The van der Waals surface area contributed by atoms with Gasteiger partial charge in [0.1, 0.15) is 5.56 Å². The van der Waals surface area contributed by atoms with Crippen LogP contribution in [0.5, 0.6) is 5.88 Å². The normalized spacial score (nSPS) is 14.4. The number of aromatic amines is 1. The van der Waals surface area contributed by atoms with Crippen molar-refractivity contribution < 1.29 is 5.11 Å². The fraction of sp³-hybridized carbons (Fsp3) is 0.333. The highest BCUT2D eigenvalue weighted by atomic mass is 16.3. The molecule has 0 radical (unpaired) electrons. The molecule has 5 heteroatoms. The molecule has 20 heavy (non-hydrogen) atoms. The summed E-state index contributed by atoms with van der Waals surface area (Å²) in [5.74, 6) is 0.186. The number of hydrogen-bond donors (Lipinski definition) is 2. The smallest absolute Gasteiger partial charge is 0.331 e. The Labute approximate surface area is 115 Å². The van der Waals surface area contributed by atoms with Crippen LogP contribution in [0.3, 0.4) is 0 Å². The van der Waals surface area contributed by atoms with Crippen LogP contribution in [0.2, 0.25) is 0 Å². The summed E-state index contributed by atoms with van der Waals surface area (Å²) < 4.78 is 1.26. The van der Waals surface area contributed by atoms with Gasteiger partial charge in [-0.05, 0) is 31.2 Å². The molecule has 5 nitrogen and oxygen atoms in total. The second kappa shape index (κ2) is 4.67. The molecule has 0 aliphatic heterocycles. The first-order valence-electron chi connectivity index (χ1n) is 6.69. The lowest BCUT2D eigenvalue weighted by Gasteiger charge is -2.11. The molecule has 1 saturated carbocycles. The molecule has 1 aromatic carbocycles. The first-order valence-corrected chi connectivity index (χ1v) is 6.69. The molecule has 0 saturated heterocycles. The lowest BCUT2D eigenvalue weighted by Crippen LogP contribution is -2.31. The third-order valence-corrected chi connectivity index (χ3v) is 3.62. The fourth-order valence-electron chi connectivity index (χ4n) is 2.35. The number of nitrogens with zero attached hydrogens (tertiary/aromatic N) is 1. The largest absolute Gasteiger partial charge is 0.494 e. The van der Waals surface area contributed by atoms with Gasteiger partial charge in [-0.2, -0.15) is 0 Å². The van der Waals surface area contributed by atoms with Crippen LogP contribution >= 0.6 is 0 Å². The van der Waals surface area contributed by atoms with Gasteiger partial charge in [0.15, 0.2) is 0 Å². The highest BCUT2D eigenvalue weighted by Gasteiger charge is 2.25. The number of hydrogen-bond acceptors (Lipinski definition) is 3. The molecule has 2 N–H and O–H groups in total. The van der Waals surface area contributed by atoms with Crippen molar-refractivity contribution in [3.8, 4) is 17.0 Å². The molecule has 1 heterocycles. The molecule has 1 aromatic heterocycles. The van der Waals surface area contributed by atoms with E-state index in [2.05, 4.69) is 4.98 Å². The third-order valence-electron chi connectivity index (χ3n) is 3.62. The van der Waals surface area contributed by atoms with Crippen molar-refractivity contribution in [2.24, 2.45) is 5.92 Å². The molecular formula is C15H16N2O3. The number of rotatable bonds is 3. The van der Waals surface area contributed by atoms with Crippen molar-refractivity contribution in [1.29, 1.82) is 0 Å². The molecule has 104 valence electrons.